The number of methoxy groups -OCH3 is 1. The molecule has 1 unspecified atom stereocenters. The van der Waals surface area contributed by atoms with Crippen LogP contribution in [-0.2, 0) is 14.3 Å². The largest absolute Gasteiger partial charge is 0.468 e. The first-order chi connectivity index (χ1) is 10.1. The molecule has 0 spiro atoms. The average Bonchev–Trinajstić information content (AvgIpc) is 2.53. The molecule has 0 bridgehead atoms. The number of hydrogen-bond donors (Lipinski definition) is 0. The molecule has 0 N–H and O–H groups in total. The normalized spacial score (nSPS) is 13.0. The van der Waals surface area contributed by atoms with Crippen LogP contribution in [0.2, 0.25) is 0 Å². The molecule has 4 nitrogen and oxygen atoms in total. The van der Waals surface area contributed by atoms with Crippen LogP contribution in [0.3, 0.4) is 0 Å². The van der Waals surface area contributed by atoms with Gasteiger partial charge in [0.05, 0.1) is 13.2 Å². The summed E-state index contributed by atoms with van der Waals surface area (Å²) in [5.41, 5.74) is 0.819. The molecular formula is C17H21NO3. The number of nitriles is 1. The minimum atomic E-state index is -0.956. The van der Waals surface area contributed by atoms with Crippen molar-refractivity contribution >= 4 is 11.8 Å². The monoisotopic (exact) mass is 287 g/mol. The van der Waals surface area contributed by atoms with Crippen LogP contribution < -0.4 is 0 Å². The van der Waals surface area contributed by atoms with Crippen LogP contribution in [0.5, 0.6) is 0 Å². The first-order valence-corrected chi connectivity index (χ1v) is 7.18. The highest BCUT2D eigenvalue weighted by Gasteiger charge is 2.31. The summed E-state index contributed by atoms with van der Waals surface area (Å²) in [6.07, 6.45) is 2.45. The summed E-state index contributed by atoms with van der Waals surface area (Å²) in [5, 5.41) is 9.29. The van der Waals surface area contributed by atoms with Crippen LogP contribution in [0.15, 0.2) is 30.3 Å². The van der Waals surface area contributed by atoms with Gasteiger partial charge in [-0.25, -0.2) is 0 Å². The summed E-state index contributed by atoms with van der Waals surface area (Å²) >= 11 is 0. The SMILES string of the molecule is CCCCC(=O)C[C@H](c1ccccc1)C(C#N)C(=O)OC. The van der Waals surface area contributed by atoms with Crippen LogP contribution in [-0.4, -0.2) is 18.9 Å². The Morgan fingerprint density at radius 3 is 2.48 bits per heavy atom. The third-order valence-electron chi connectivity index (χ3n) is 3.48. The molecular weight excluding hydrogens is 266 g/mol. The Bertz CT molecular complexity index is 505. The molecule has 0 aliphatic carbocycles. The van der Waals surface area contributed by atoms with Crippen LogP contribution >= 0.6 is 0 Å². The van der Waals surface area contributed by atoms with E-state index >= 15 is 0 Å². The van der Waals surface area contributed by atoms with E-state index in [1.807, 2.05) is 43.3 Å². The van der Waals surface area contributed by atoms with E-state index in [2.05, 4.69) is 0 Å². The number of rotatable bonds is 8. The zero-order chi connectivity index (χ0) is 15.7. The van der Waals surface area contributed by atoms with Crippen molar-refractivity contribution in [2.75, 3.05) is 7.11 Å². The summed E-state index contributed by atoms with van der Waals surface area (Å²) in [5.74, 6) is -1.92. The average molecular weight is 287 g/mol. The molecule has 21 heavy (non-hydrogen) atoms. The maximum Gasteiger partial charge on any atom is 0.323 e. The van der Waals surface area contributed by atoms with Gasteiger partial charge >= 0.3 is 5.97 Å². The summed E-state index contributed by atoms with van der Waals surface area (Å²) in [6, 6.07) is 11.2. The van der Waals surface area contributed by atoms with Crippen molar-refractivity contribution in [3.63, 3.8) is 0 Å². The van der Waals surface area contributed by atoms with Gasteiger partial charge in [0.1, 0.15) is 5.78 Å². The summed E-state index contributed by atoms with van der Waals surface area (Å²) in [7, 11) is 1.26. The number of Topliss-reactive ketones (excluding diaryl/α,β-unsaturated/α-hetero) is 1. The van der Waals surface area contributed by atoms with Crippen LogP contribution in [0.25, 0.3) is 0 Å². The molecule has 0 saturated heterocycles. The van der Waals surface area contributed by atoms with Gasteiger partial charge in [0.2, 0.25) is 0 Å². The second-order valence-corrected chi connectivity index (χ2v) is 4.99. The van der Waals surface area contributed by atoms with E-state index in [0.29, 0.717) is 6.42 Å². The van der Waals surface area contributed by atoms with Gasteiger partial charge in [0.15, 0.2) is 5.92 Å². The lowest BCUT2D eigenvalue weighted by molar-refractivity contribution is -0.144. The maximum absolute atomic E-state index is 12.1. The third-order valence-corrected chi connectivity index (χ3v) is 3.48. The number of carbonyl (C=O) groups excluding carboxylic acids is 2. The van der Waals surface area contributed by atoms with Gasteiger partial charge in [-0.1, -0.05) is 43.7 Å². The van der Waals surface area contributed by atoms with Gasteiger partial charge in [-0.3, -0.25) is 9.59 Å². The first-order valence-electron chi connectivity index (χ1n) is 7.18. The van der Waals surface area contributed by atoms with Crippen LogP contribution in [0, 0.1) is 17.2 Å². The van der Waals surface area contributed by atoms with E-state index in [9.17, 15) is 14.9 Å². The van der Waals surface area contributed by atoms with E-state index in [0.717, 1.165) is 18.4 Å². The van der Waals surface area contributed by atoms with Crippen molar-refractivity contribution < 1.29 is 14.3 Å². The fourth-order valence-electron chi connectivity index (χ4n) is 2.28. The minimum absolute atomic E-state index is 0.0786. The zero-order valence-electron chi connectivity index (χ0n) is 12.5. The number of carbonyl (C=O) groups is 2. The van der Waals surface area contributed by atoms with Crippen molar-refractivity contribution in [2.45, 2.75) is 38.5 Å². The summed E-state index contributed by atoms with van der Waals surface area (Å²) in [4.78, 5) is 23.9. The fraction of sp³-hybridized carbons (Fsp3) is 0.471. The number of nitrogens with zero attached hydrogens (tertiary/aromatic N) is 1. The standard InChI is InChI=1S/C17H21NO3/c1-3-4-10-14(19)11-15(13-8-6-5-7-9-13)16(12-18)17(20)21-2/h5-9,15-16H,3-4,10-11H2,1-2H3/t15-,16?/m1/s1. The van der Waals surface area contributed by atoms with E-state index < -0.39 is 17.8 Å². The Hall–Kier alpha value is -2.15. The van der Waals surface area contributed by atoms with Gasteiger partial charge in [-0.15, -0.1) is 0 Å². The van der Waals surface area contributed by atoms with E-state index in [4.69, 9.17) is 4.74 Å². The van der Waals surface area contributed by atoms with Gasteiger partial charge in [0.25, 0.3) is 0 Å². The quantitative estimate of drug-likeness (QED) is 0.688. The Kier molecular flexibility index (Phi) is 7.17. The lowest BCUT2D eigenvalue weighted by Gasteiger charge is -2.20. The van der Waals surface area contributed by atoms with E-state index in [-0.39, 0.29) is 12.2 Å². The summed E-state index contributed by atoms with van der Waals surface area (Å²) in [6.45, 7) is 2.02. The number of unbranched alkanes of at least 4 members (excludes halogenated alkanes) is 1. The van der Waals surface area contributed by atoms with Gasteiger partial charge in [-0.05, 0) is 12.0 Å². The molecule has 0 fully saturated rings. The van der Waals surface area contributed by atoms with E-state index in [1.165, 1.54) is 7.11 Å². The lowest BCUT2D eigenvalue weighted by atomic mass is 9.82. The molecule has 1 aromatic rings. The molecule has 1 rings (SSSR count). The number of benzene rings is 1. The maximum atomic E-state index is 12.1. The number of ketones is 1. The molecule has 0 aliphatic rings. The zero-order valence-corrected chi connectivity index (χ0v) is 12.5. The second-order valence-electron chi connectivity index (χ2n) is 4.99. The van der Waals surface area contributed by atoms with Gasteiger partial charge in [0, 0.05) is 18.8 Å². The number of hydrogen-bond acceptors (Lipinski definition) is 4. The molecule has 112 valence electrons. The van der Waals surface area contributed by atoms with Crippen molar-refractivity contribution in [2.24, 2.45) is 5.92 Å². The number of ether oxygens (including phenoxy) is 1. The smallest absolute Gasteiger partial charge is 0.323 e. The van der Waals surface area contributed by atoms with Crippen molar-refractivity contribution in [3.8, 4) is 6.07 Å². The Balaban J connectivity index is 2.98. The van der Waals surface area contributed by atoms with Crippen LogP contribution in [0.1, 0.15) is 44.1 Å². The highest BCUT2D eigenvalue weighted by Crippen LogP contribution is 2.30. The highest BCUT2D eigenvalue weighted by atomic mass is 16.5. The molecule has 0 aliphatic heterocycles. The second kappa shape index (κ2) is 8.91. The van der Waals surface area contributed by atoms with Gasteiger partial charge < -0.3 is 4.74 Å². The van der Waals surface area contributed by atoms with Gasteiger partial charge in [-0.2, -0.15) is 5.26 Å². The predicted molar refractivity (Wildman–Crippen MR) is 79.5 cm³/mol. The summed E-state index contributed by atoms with van der Waals surface area (Å²) < 4.78 is 4.70. The van der Waals surface area contributed by atoms with Crippen molar-refractivity contribution in [1.82, 2.24) is 0 Å². The molecule has 0 radical (unpaired) electrons. The van der Waals surface area contributed by atoms with Crippen molar-refractivity contribution in [1.29, 1.82) is 5.26 Å². The first kappa shape index (κ1) is 16.9. The Morgan fingerprint density at radius 2 is 1.95 bits per heavy atom. The lowest BCUT2D eigenvalue weighted by Crippen LogP contribution is -2.24. The van der Waals surface area contributed by atoms with Crippen LogP contribution in [0.4, 0.5) is 0 Å². The predicted octanol–water partition coefficient (Wildman–Crippen LogP) is 3.23. The number of esters is 1. The molecule has 2 atom stereocenters. The topological polar surface area (TPSA) is 67.2 Å². The van der Waals surface area contributed by atoms with Crippen molar-refractivity contribution in [3.05, 3.63) is 35.9 Å². The minimum Gasteiger partial charge on any atom is -0.468 e. The molecule has 0 aromatic heterocycles. The fourth-order valence-corrected chi connectivity index (χ4v) is 2.28. The highest BCUT2D eigenvalue weighted by molar-refractivity contribution is 5.82. The van der Waals surface area contributed by atoms with E-state index in [1.54, 1.807) is 0 Å². The third kappa shape index (κ3) is 5.03. The molecule has 0 amide bonds. The Labute approximate surface area is 125 Å². The molecule has 1 aromatic carbocycles. The molecule has 4 heteroatoms. The molecule has 0 saturated carbocycles. The Morgan fingerprint density at radius 1 is 1.29 bits per heavy atom. The molecule has 0 heterocycles.